The number of rotatable bonds is 6. The Hall–Kier alpha value is -1.31. The van der Waals surface area contributed by atoms with E-state index in [4.69, 9.17) is 4.74 Å². The molecule has 0 amide bonds. The first-order valence-electron chi connectivity index (χ1n) is 12.9. The predicted molar refractivity (Wildman–Crippen MR) is 129 cm³/mol. The molecule has 0 bridgehead atoms. The molecule has 6 atom stereocenters. The van der Waals surface area contributed by atoms with Crippen molar-refractivity contribution in [2.75, 3.05) is 0 Å². The smallest absolute Gasteiger partial charge is 0.302 e. The minimum absolute atomic E-state index is 0.0591. The van der Waals surface area contributed by atoms with Gasteiger partial charge in [-0.05, 0) is 72.3 Å². The largest absolute Gasteiger partial charge is 0.462 e. The first-order chi connectivity index (χ1) is 14.6. The van der Waals surface area contributed by atoms with E-state index in [2.05, 4.69) is 52.8 Å². The highest BCUT2D eigenvalue weighted by Gasteiger charge is 2.54. The summed E-state index contributed by atoms with van der Waals surface area (Å²) in [5, 5.41) is 0. The second-order valence-electron chi connectivity index (χ2n) is 12.0. The summed E-state index contributed by atoms with van der Waals surface area (Å²) in [4.78, 5) is 11.5. The molecule has 4 rings (SSSR count). The van der Waals surface area contributed by atoms with Crippen molar-refractivity contribution < 1.29 is 9.53 Å². The molecule has 4 aliphatic rings. The van der Waals surface area contributed by atoms with Gasteiger partial charge in [0, 0.05) is 18.8 Å². The van der Waals surface area contributed by atoms with Crippen LogP contribution in [-0.4, -0.2) is 12.1 Å². The normalized spacial score (nSPS) is 37.8. The lowest BCUT2D eigenvalue weighted by molar-refractivity contribution is -0.147. The molecule has 0 radical (unpaired) electrons. The van der Waals surface area contributed by atoms with E-state index in [0.717, 1.165) is 37.0 Å². The molecular weight excluding hydrogens is 380 g/mol. The van der Waals surface area contributed by atoms with Gasteiger partial charge in [-0.15, -0.1) is 0 Å². The molecule has 0 heterocycles. The highest BCUT2D eigenvalue weighted by atomic mass is 16.5. The Morgan fingerprint density at radius 1 is 1.13 bits per heavy atom. The minimum atomic E-state index is -0.145. The van der Waals surface area contributed by atoms with Crippen LogP contribution in [0.2, 0.25) is 0 Å². The van der Waals surface area contributed by atoms with Crippen LogP contribution in [0, 0.1) is 34.5 Å². The summed E-state index contributed by atoms with van der Waals surface area (Å²) in [6.45, 7) is 13.8. The number of hydrogen-bond acceptors (Lipinski definition) is 2. The molecule has 2 saturated carbocycles. The van der Waals surface area contributed by atoms with E-state index in [1.54, 1.807) is 11.1 Å². The van der Waals surface area contributed by atoms with Crippen molar-refractivity contribution in [1.82, 2.24) is 0 Å². The van der Waals surface area contributed by atoms with E-state index < -0.39 is 0 Å². The quantitative estimate of drug-likeness (QED) is 0.407. The third-order valence-corrected chi connectivity index (χ3v) is 9.48. The molecule has 0 aromatic heterocycles. The van der Waals surface area contributed by atoms with Crippen LogP contribution in [0.3, 0.4) is 0 Å². The average molecular weight is 425 g/mol. The second-order valence-corrected chi connectivity index (χ2v) is 12.0. The summed E-state index contributed by atoms with van der Waals surface area (Å²) in [5.41, 5.74) is 5.29. The molecule has 31 heavy (non-hydrogen) atoms. The van der Waals surface area contributed by atoms with Crippen molar-refractivity contribution in [3.05, 3.63) is 34.9 Å². The Balaban J connectivity index is 1.54. The fourth-order valence-electron chi connectivity index (χ4n) is 7.70. The zero-order valence-corrected chi connectivity index (χ0v) is 20.8. The highest BCUT2D eigenvalue weighted by molar-refractivity contribution is 5.66. The minimum Gasteiger partial charge on any atom is -0.462 e. The van der Waals surface area contributed by atoms with Gasteiger partial charge in [0.25, 0.3) is 0 Å². The summed E-state index contributed by atoms with van der Waals surface area (Å²) in [7, 11) is 0. The summed E-state index contributed by atoms with van der Waals surface area (Å²) in [6, 6.07) is 0. The zero-order valence-electron chi connectivity index (χ0n) is 20.8. The molecule has 0 spiro atoms. The molecular formula is C29H44O2. The Bertz CT molecular complexity index is 800. The van der Waals surface area contributed by atoms with Gasteiger partial charge in [-0.25, -0.2) is 0 Å². The molecule has 0 aromatic rings. The van der Waals surface area contributed by atoms with Gasteiger partial charge in [0.05, 0.1) is 0 Å². The van der Waals surface area contributed by atoms with Crippen molar-refractivity contribution in [1.29, 1.82) is 0 Å². The maximum atomic E-state index is 11.5. The highest BCUT2D eigenvalue weighted by Crippen LogP contribution is 2.64. The summed E-state index contributed by atoms with van der Waals surface area (Å²) < 4.78 is 5.57. The number of carbonyl (C=O) groups excluding carboxylic acids is 1. The number of ether oxygens (including phenoxy) is 1. The van der Waals surface area contributed by atoms with Crippen molar-refractivity contribution in [3.63, 3.8) is 0 Å². The molecule has 172 valence electrons. The Kier molecular flexibility index (Phi) is 6.32. The third kappa shape index (κ3) is 4.09. The summed E-state index contributed by atoms with van der Waals surface area (Å²) in [5.74, 6) is 3.07. The summed E-state index contributed by atoms with van der Waals surface area (Å²) in [6.07, 6.45) is 18.6. The van der Waals surface area contributed by atoms with E-state index >= 15 is 0 Å². The van der Waals surface area contributed by atoms with Gasteiger partial charge in [-0.2, -0.15) is 0 Å². The van der Waals surface area contributed by atoms with E-state index in [-0.39, 0.29) is 17.5 Å². The van der Waals surface area contributed by atoms with Crippen LogP contribution in [0.15, 0.2) is 34.9 Å². The lowest BCUT2D eigenvalue weighted by Crippen LogP contribution is -2.41. The standard InChI is InChI=1S/C29H44O2/c1-19(2)8-7-9-20(3)25-12-13-26-24-11-10-22-18-23(31-21(4)30)14-16-28(22,5)27(24)15-17-29(25,26)6/h10-11,15,19-20,23,25-26H,7-9,12-14,16-18H2,1-6H3/t20-,23?,25-,26+,28+,29-/m1/s1. The zero-order chi connectivity index (χ0) is 22.4. The fraction of sp³-hybridized carbons (Fsp3) is 0.759. The van der Waals surface area contributed by atoms with Gasteiger partial charge in [0.2, 0.25) is 0 Å². The Morgan fingerprint density at radius 3 is 2.61 bits per heavy atom. The van der Waals surface area contributed by atoms with Crippen molar-refractivity contribution >= 4 is 5.97 Å². The number of fused-ring (bicyclic) bond motifs is 5. The fourth-order valence-corrected chi connectivity index (χ4v) is 7.70. The maximum absolute atomic E-state index is 11.5. The van der Waals surface area contributed by atoms with Crippen LogP contribution in [0.4, 0.5) is 0 Å². The van der Waals surface area contributed by atoms with E-state index in [1.165, 1.54) is 51.0 Å². The van der Waals surface area contributed by atoms with Crippen molar-refractivity contribution in [3.8, 4) is 0 Å². The Labute approximate surface area is 190 Å². The molecule has 0 aliphatic heterocycles. The number of allylic oxidation sites excluding steroid dienone is 5. The van der Waals surface area contributed by atoms with Crippen LogP contribution in [0.1, 0.15) is 99.3 Å². The third-order valence-electron chi connectivity index (χ3n) is 9.48. The van der Waals surface area contributed by atoms with Gasteiger partial charge in [-0.3, -0.25) is 4.79 Å². The number of esters is 1. The maximum Gasteiger partial charge on any atom is 0.302 e. The van der Waals surface area contributed by atoms with Crippen LogP contribution in [0.5, 0.6) is 0 Å². The van der Waals surface area contributed by atoms with Gasteiger partial charge in [-0.1, -0.05) is 77.7 Å². The molecule has 4 aliphatic carbocycles. The van der Waals surface area contributed by atoms with E-state index in [0.29, 0.717) is 11.3 Å². The second kappa shape index (κ2) is 8.56. The molecule has 0 saturated heterocycles. The molecule has 2 heteroatoms. The van der Waals surface area contributed by atoms with Crippen molar-refractivity contribution in [2.45, 2.75) is 105 Å². The lowest BCUT2D eigenvalue weighted by Gasteiger charge is -2.51. The molecule has 0 N–H and O–H groups in total. The topological polar surface area (TPSA) is 26.3 Å². The first-order valence-corrected chi connectivity index (χ1v) is 12.9. The monoisotopic (exact) mass is 424 g/mol. The SMILES string of the molecule is CC(=O)OC1CC[C@@]2(C)C(=CC=C3C2=CC[C@]2(C)[C@@H]([C@H](C)CCCC(C)C)CC[C@@H]32)C1. The van der Waals surface area contributed by atoms with Gasteiger partial charge < -0.3 is 4.74 Å². The van der Waals surface area contributed by atoms with Crippen LogP contribution in [0.25, 0.3) is 0 Å². The van der Waals surface area contributed by atoms with Gasteiger partial charge >= 0.3 is 5.97 Å². The van der Waals surface area contributed by atoms with Crippen LogP contribution >= 0.6 is 0 Å². The molecule has 1 unspecified atom stereocenters. The van der Waals surface area contributed by atoms with Gasteiger partial charge in [0.15, 0.2) is 0 Å². The number of carbonyl (C=O) groups is 1. The van der Waals surface area contributed by atoms with E-state index in [9.17, 15) is 4.79 Å². The average Bonchev–Trinajstić information content (AvgIpc) is 3.05. The van der Waals surface area contributed by atoms with Crippen LogP contribution < -0.4 is 0 Å². The lowest BCUT2D eigenvalue weighted by atomic mass is 9.54. The van der Waals surface area contributed by atoms with Crippen molar-refractivity contribution in [2.24, 2.45) is 34.5 Å². The predicted octanol–water partition coefficient (Wildman–Crippen LogP) is 7.80. The first kappa shape index (κ1) is 22.9. The summed E-state index contributed by atoms with van der Waals surface area (Å²) >= 11 is 0. The van der Waals surface area contributed by atoms with E-state index in [1.807, 2.05) is 0 Å². The van der Waals surface area contributed by atoms with Crippen LogP contribution in [-0.2, 0) is 9.53 Å². The molecule has 0 aromatic carbocycles. The Morgan fingerprint density at radius 2 is 1.90 bits per heavy atom. The number of hydrogen-bond donors (Lipinski definition) is 0. The molecule has 2 nitrogen and oxygen atoms in total. The molecule has 2 fully saturated rings. The van der Waals surface area contributed by atoms with Gasteiger partial charge in [0.1, 0.15) is 6.10 Å².